The fourth-order valence-electron chi connectivity index (χ4n) is 3.28. The van der Waals surface area contributed by atoms with E-state index in [1.54, 1.807) is 0 Å². The van der Waals surface area contributed by atoms with Crippen LogP contribution in [0.4, 0.5) is 0 Å². The molecule has 0 saturated heterocycles. The van der Waals surface area contributed by atoms with E-state index in [1.807, 2.05) is 7.11 Å². The molecule has 0 atom stereocenters. The van der Waals surface area contributed by atoms with E-state index in [-0.39, 0.29) is 0 Å². The van der Waals surface area contributed by atoms with Gasteiger partial charge in [-0.3, -0.25) is 0 Å². The second-order valence-corrected chi connectivity index (χ2v) is 5.86. The lowest BCUT2D eigenvalue weighted by Gasteiger charge is -2.40. The minimum absolute atomic E-state index is 0.521. The molecule has 0 amide bonds. The van der Waals surface area contributed by atoms with Crippen molar-refractivity contribution in [1.29, 1.82) is 0 Å². The van der Waals surface area contributed by atoms with Crippen LogP contribution in [-0.4, -0.2) is 27.3 Å². The van der Waals surface area contributed by atoms with Crippen molar-refractivity contribution in [2.75, 3.05) is 27.3 Å². The smallest absolute Gasteiger partial charge is 0.0468 e. The van der Waals surface area contributed by atoms with Crippen molar-refractivity contribution in [3.63, 3.8) is 0 Å². The molecule has 0 aromatic carbocycles. The predicted octanol–water partition coefficient (Wildman–Crippen LogP) is 3.61. The second kappa shape index (κ2) is 8.10. The molecule has 0 radical (unpaired) electrons. The number of hydrogen-bond acceptors (Lipinski definition) is 2. The molecule has 1 fully saturated rings. The zero-order valence-corrected chi connectivity index (χ0v) is 12.1. The highest BCUT2D eigenvalue weighted by Gasteiger charge is 2.34. The van der Waals surface area contributed by atoms with Gasteiger partial charge in [-0.25, -0.2) is 0 Å². The summed E-state index contributed by atoms with van der Waals surface area (Å²) in [5.41, 5.74) is 0.521. The van der Waals surface area contributed by atoms with Crippen LogP contribution in [0.1, 0.15) is 58.3 Å². The first-order chi connectivity index (χ1) is 8.26. The van der Waals surface area contributed by atoms with E-state index in [2.05, 4.69) is 19.3 Å². The van der Waals surface area contributed by atoms with Crippen molar-refractivity contribution in [2.24, 2.45) is 11.3 Å². The topological polar surface area (TPSA) is 21.3 Å². The lowest BCUT2D eigenvalue weighted by atomic mass is 9.68. The zero-order valence-electron chi connectivity index (χ0n) is 12.1. The molecule has 102 valence electrons. The van der Waals surface area contributed by atoms with Gasteiger partial charge in [-0.2, -0.15) is 0 Å². The van der Waals surface area contributed by atoms with Crippen molar-refractivity contribution in [3.05, 3.63) is 0 Å². The van der Waals surface area contributed by atoms with Crippen LogP contribution >= 0.6 is 0 Å². The molecule has 0 heterocycles. The van der Waals surface area contributed by atoms with E-state index < -0.39 is 0 Å². The average Bonchev–Trinajstić information content (AvgIpc) is 2.36. The zero-order chi connectivity index (χ0) is 12.6. The molecule has 1 saturated carbocycles. The first kappa shape index (κ1) is 15.0. The van der Waals surface area contributed by atoms with Gasteiger partial charge in [-0.15, -0.1) is 0 Å². The Hall–Kier alpha value is -0.0800. The molecule has 0 aliphatic heterocycles. The SMILES string of the molecule is CCCCC1CCC(CCOC)(CNC)CC1. The van der Waals surface area contributed by atoms with Gasteiger partial charge in [-0.05, 0) is 50.5 Å². The number of methoxy groups -OCH3 is 1. The minimum Gasteiger partial charge on any atom is -0.385 e. The molecule has 17 heavy (non-hydrogen) atoms. The average molecular weight is 241 g/mol. The highest BCUT2D eigenvalue weighted by atomic mass is 16.5. The molecule has 1 rings (SSSR count). The molecule has 0 bridgehead atoms. The molecule has 1 aliphatic rings. The summed E-state index contributed by atoms with van der Waals surface area (Å²) in [7, 11) is 3.90. The molecule has 0 unspecified atom stereocenters. The van der Waals surface area contributed by atoms with Crippen LogP contribution in [0.5, 0.6) is 0 Å². The number of hydrogen-bond donors (Lipinski definition) is 1. The fourth-order valence-corrected chi connectivity index (χ4v) is 3.28. The van der Waals surface area contributed by atoms with Gasteiger partial charge in [0.1, 0.15) is 0 Å². The molecular weight excluding hydrogens is 210 g/mol. The summed E-state index contributed by atoms with van der Waals surface area (Å²) in [6.07, 6.45) is 11.1. The standard InChI is InChI=1S/C15H31NO/c1-4-5-6-14-7-9-15(10-8-14,13-16-2)11-12-17-3/h14,16H,4-13H2,1-3H3. The summed E-state index contributed by atoms with van der Waals surface area (Å²) in [6, 6.07) is 0. The van der Waals surface area contributed by atoms with Crippen molar-refractivity contribution in [2.45, 2.75) is 58.3 Å². The Kier molecular flexibility index (Phi) is 7.14. The quantitative estimate of drug-likeness (QED) is 0.701. The molecule has 0 aromatic rings. The Morgan fingerprint density at radius 3 is 2.53 bits per heavy atom. The molecule has 0 aromatic heterocycles. The van der Waals surface area contributed by atoms with Crippen molar-refractivity contribution in [3.8, 4) is 0 Å². The molecular formula is C15H31NO. The summed E-state index contributed by atoms with van der Waals surface area (Å²) in [6.45, 7) is 4.38. The second-order valence-electron chi connectivity index (χ2n) is 5.86. The third-order valence-corrected chi connectivity index (χ3v) is 4.52. The van der Waals surface area contributed by atoms with Crippen molar-refractivity contribution in [1.82, 2.24) is 5.32 Å². The predicted molar refractivity (Wildman–Crippen MR) is 74.3 cm³/mol. The van der Waals surface area contributed by atoms with Crippen molar-refractivity contribution < 1.29 is 4.74 Å². The van der Waals surface area contributed by atoms with Gasteiger partial charge < -0.3 is 10.1 Å². The van der Waals surface area contributed by atoms with Crippen LogP contribution in [0, 0.1) is 11.3 Å². The summed E-state index contributed by atoms with van der Waals surface area (Å²) in [4.78, 5) is 0. The van der Waals surface area contributed by atoms with Gasteiger partial charge in [0.15, 0.2) is 0 Å². The van der Waals surface area contributed by atoms with Crippen LogP contribution in [0.15, 0.2) is 0 Å². The highest BCUT2D eigenvalue weighted by Crippen LogP contribution is 2.42. The van der Waals surface area contributed by atoms with E-state index >= 15 is 0 Å². The fraction of sp³-hybridized carbons (Fsp3) is 1.00. The Balaban J connectivity index is 2.37. The van der Waals surface area contributed by atoms with Gasteiger partial charge in [0.2, 0.25) is 0 Å². The summed E-state index contributed by atoms with van der Waals surface area (Å²) in [5, 5.41) is 3.39. The summed E-state index contributed by atoms with van der Waals surface area (Å²) < 4.78 is 5.28. The van der Waals surface area contributed by atoms with E-state index in [4.69, 9.17) is 4.74 Å². The largest absolute Gasteiger partial charge is 0.385 e. The summed E-state index contributed by atoms with van der Waals surface area (Å²) in [5.74, 6) is 1.00. The highest BCUT2D eigenvalue weighted by molar-refractivity contribution is 4.87. The van der Waals surface area contributed by atoms with Crippen LogP contribution in [-0.2, 0) is 4.74 Å². The normalized spacial score (nSPS) is 29.5. The van der Waals surface area contributed by atoms with Gasteiger partial charge >= 0.3 is 0 Å². The molecule has 2 heteroatoms. The lowest BCUT2D eigenvalue weighted by molar-refractivity contribution is 0.0839. The van der Waals surface area contributed by atoms with Crippen LogP contribution in [0.3, 0.4) is 0 Å². The third-order valence-electron chi connectivity index (χ3n) is 4.52. The van der Waals surface area contributed by atoms with Crippen molar-refractivity contribution >= 4 is 0 Å². The Morgan fingerprint density at radius 1 is 1.29 bits per heavy atom. The number of nitrogens with one attached hydrogen (secondary N) is 1. The first-order valence-electron chi connectivity index (χ1n) is 7.40. The van der Waals surface area contributed by atoms with Crippen LogP contribution in [0.2, 0.25) is 0 Å². The molecule has 2 nitrogen and oxygen atoms in total. The Labute approximate surface area is 108 Å². The third kappa shape index (κ3) is 4.97. The maximum Gasteiger partial charge on any atom is 0.0468 e. The van der Waals surface area contributed by atoms with Crippen LogP contribution in [0.25, 0.3) is 0 Å². The van der Waals surface area contributed by atoms with E-state index in [0.717, 1.165) is 19.1 Å². The van der Waals surface area contributed by atoms with Gasteiger partial charge in [-0.1, -0.05) is 26.2 Å². The maximum atomic E-state index is 5.28. The van der Waals surface area contributed by atoms with E-state index in [9.17, 15) is 0 Å². The lowest BCUT2D eigenvalue weighted by Crippen LogP contribution is -2.37. The van der Waals surface area contributed by atoms with Gasteiger partial charge in [0.05, 0.1) is 0 Å². The number of ether oxygens (including phenoxy) is 1. The monoisotopic (exact) mass is 241 g/mol. The molecule has 1 aliphatic carbocycles. The van der Waals surface area contributed by atoms with Gasteiger partial charge in [0, 0.05) is 20.3 Å². The Bertz CT molecular complexity index is 185. The number of rotatable bonds is 8. The molecule has 0 spiro atoms. The maximum absolute atomic E-state index is 5.28. The van der Waals surface area contributed by atoms with E-state index in [0.29, 0.717) is 5.41 Å². The summed E-state index contributed by atoms with van der Waals surface area (Å²) >= 11 is 0. The van der Waals surface area contributed by atoms with Gasteiger partial charge in [0.25, 0.3) is 0 Å². The van der Waals surface area contributed by atoms with Crippen LogP contribution < -0.4 is 5.32 Å². The van der Waals surface area contributed by atoms with E-state index in [1.165, 1.54) is 51.4 Å². The Morgan fingerprint density at radius 2 is 2.00 bits per heavy atom. The minimum atomic E-state index is 0.521. The number of unbranched alkanes of at least 4 members (excludes halogenated alkanes) is 1. The molecule has 1 N–H and O–H groups in total. The first-order valence-corrected chi connectivity index (χ1v) is 7.40.